The minimum Gasteiger partial charge on any atom is -0.385 e. The van der Waals surface area contributed by atoms with Crippen LogP contribution in [0.4, 0.5) is 15.8 Å². The first-order valence-electron chi connectivity index (χ1n) is 7.08. The second-order valence-corrected chi connectivity index (χ2v) is 4.58. The lowest BCUT2D eigenvalue weighted by molar-refractivity contribution is 0.0988. The van der Waals surface area contributed by atoms with Gasteiger partial charge < -0.3 is 10.2 Å². The number of carbonyl (C=O) groups excluding carboxylic acids is 1. The molecular weight excluding hydrogens is 267 g/mol. The summed E-state index contributed by atoms with van der Waals surface area (Å²) in [5.41, 5.74) is 1.61. The minimum absolute atomic E-state index is 0.209. The van der Waals surface area contributed by atoms with Crippen molar-refractivity contribution in [3.63, 3.8) is 0 Å². The molecule has 3 nitrogen and oxygen atoms in total. The molecule has 2 aromatic carbocycles. The summed E-state index contributed by atoms with van der Waals surface area (Å²) in [4.78, 5) is 14.2. The average molecular weight is 286 g/mol. The van der Waals surface area contributed by atoms with Crippen molar-refractivity contribution < 1.29 is 9.18 Å². The van der Waals surface area contributed by atoms with Crippen molar-refractivity contribution in [1.82, 2.24) is 0 Å². The third-order valence-electron chi connectivity index (χ3n) is 3.23. The van der Waals surface area contributed by atoms with E-state index >= 15 is 0 Å². The zero-order valence-corrected chi connectivity index (χ0v) is 12.3. The fourth-order valence-electron chi connectivity index (χ4n) is 2.25. The summed E-state index contributed by atoms with van der Waals surface area (Å²) in [7, 11) is 0. The molecule has 0 saturated heterocycles. The molecule has 0 fully saturated rings. The van der Waals surface area contributed by atoms with Crippen molar-refractivity contribution in [3.05, 3.63) is 59.9 Å². The Bertz CT molecular complexity index is 628. The number of hydrogen-bond acceptors (Lipinski definition) is 2. The summed E-state index contributed by atoms with van der Waals surface area (Å²) in [5.74, 6) is -0.604. The van der Waals surface area contributed by atoms with Gasteiger partial charge in [0, 0.05) is 18.8 Å². The maximum atomic E-state index is 13.9. The second-order valence-electron chi connectivity index (χ2n) is 4.58. The van der Waals surface area contributed by atoms with Crippen LogP contribution in [0.3, 0.4) is 0 Å². The average Bonchev–Trinajstić information content (AvgIpc) is 2.50. The van der Waals surface area contributed by atoms with Gasteiger partial charge in [-0.15, -0.1) is 0 Å². The zero-order valence-electron chi connectivity index (χ0n) is 12.3. The largest absolute Gasteiger partial charge is 0.385 e. The predicted molar refractivity (Wildman–Crippen MR) is 84.4 cm³/mol. The molecule has 2 aromatic rings. The highest BCUT2D eigenvalue weighted by molar-refractivity contribution is 6.09. The molecule has 0 aliphatic carbocycles. The number of carbonyl (C=O) groups is 1. The van der Waals surface area contributed by atoms with E-state index in [9.17, 15) is 9.18 Å². The van der Waals surface area contributed by atoms with E-state index in [2.05, 4.69) is 5.32 Å². The number of halogens is 1. The van der Waals surface area contributed by atoms with Crippen molar-refractivity contribution in [2.75, 3.05) is 23.3 Å². The van der Waals surface area contributed by atoms with Crippen molar-refractivity contribution in [2.45, 2.75) is 13.8 Å². The van der Waals surface area contributed by atoms with Gasteiger partial charge in [-0.05, 0) is 38.1 Å². The third-order valence-corrected chi connectivity index (χ3v) is 3.23. The Morgan fingerprint density at radius 3 is 2.43 bits per heavy atom. The van der Waals surface area contributed by atoms with Gasteiger partial charge in [0.1, 0.15) is 5.82 Å². The number of benzene rings is 2. The van der Waals surface area contributed by atoms with Gasteiger partial charge >= 0.3 is 0 Å². The number of amides is 1. The van der Waals surface area contributed by atoms with Crippen LogP contribution >= 0.6 is 0 Å². The topological polar surface area (TPSA) is 32.3 Å². The Kier molecular flexibility index (Phi) is 4.93. The summed E-state index contributed by atoms with van der Waals surface area (Å²) in [6, 6.07) is 13.6. The standard InChI is InChI=1S/C17H19FN2O/c1-3-19-15-11-7-5-9-13(15)17(21)20(4-2)16-12-8-6-10-14(16)18/h5-12,19H,3-4H2,1-2H3. The molecule has 0 bridgehead atoms. The van der Waals surface area contributed by atoms with Crippen LogP contribution in [0.15, 0.2) is 48.5 Å². The molecule has 21 heavy (non-hydrogen) atoms. The number of rotatable bonds is 5. The lowest BCUT2D eigenvalue weighted by atomic mass is 10.1. The summed E-state index contributed by atoms with van der Waals surface area (Å²) in [6.07, 6.45) is 0. The molecule has 2 rings (SSSR count). The fraction of sp³-hybridized carbons (Fsp3) is 0.235. The molecule has 0 radical (unpaired) electrons. The first-order chi connectivity index (χ1) is 10.2. The molecule has 0 aliphatic rings. The molecule has 0 saturated carbocycles. The van der Waals surface area contributed by atoms with Gasteiger partial charge in [0.15, 0.2) is 0 Å². The molecular formula is C17H19FN2O. The smallest absolute Gasteiger partial charge is 0.260 e. The zero-order chi connectivity index (χ0) is 15.2. The van der Waals surface area contributed by atoms with Gasteiger partial charge in [-0.2, -0.15) is 0 Å². The predicted octanol–water partition coefficient (Wildman–Crippen LogP) is 3.92. The normalized spacial score (nSPS) is 10.2. The van der Waals surface area contributed by atoms with E-state index < -0.39 is 5.82 Å². The van der Waals surface area contributed by atoms with Gasteiger partial charge in [-0.1, -0.05) is 24.3 Å². The molecule has 0 unspecified atom stereocenters. The molecule has 0 atom stereocenters. The van der Waals surface area contributed by atoms with E-state index in [1.165, 1.54) is 11.0 Å². The monoisotopic (exact) mass is 286 g/mol. The Balaban J connectivity index is 2.40. The van der Waals surface area contributed by atoms with Crippen LogP contribution in [0.25, 0.3) is 0 Å². The first-order valence-corrected chi connectivity index (χ1v) is 7.08. The van der Waals surface area contributed by atoms with Crippen LogP contribution in [0, 0.1) is 5.82 Å². The molecule has 0 spiro atoms. The maximum absolute atomic E-state index is 13.9. The molecule has 1 N–H and O–H groups in total. The highest BCUT2D eigenvalue weighted by Gasteiger charge is 2.20. The van der Waals surface area contributed by atoms with Crippen LogP contribution in [0.5, 0.6) is 0 Å². The number of nitrogens with one attached hydrogen (secondary N) is 1. The highest BCUT2D eigenvalue weighted by atomic mass is 19.1. The molecule has 110 valence electrons. The molecule has 0 aliphatic heterocycles. The number of anilines is 2. The Morgan fingerprint density at radius 1 is 1.10 bits per heavy atom. The van der Waals surface area contributed by atoms with Crippen molar-refractivity contribution in [2.24, 2.45) is 0 Å². The lowest BCUT2D eigenvalue weighted by Gasteiger charge is -2.23. The van der Waals surface area contributed by atoms with E-state index in [1.54, 1.807) is 24.3 Å². The van der Waals surface area contributed by atoms with E-state index in [0.717, 1.165) is 12.2 Å². The Hall–Kier alpha value is -2.36. The van der Waals surface area contributed by atoms with E-state index in [-0.39, 0.29) is 5.91 Å². The number of hydrogen-bond donors (Lipinski definition) is 1. The molecule has 1 amide bonds. The van der Waals surface area contributed by atoms with Gasteiger partial charge in [-0.3, -0.25) is 4.79 Å². The summed E-state index contributed by atoms with van der Waals surface area (Å²) in [6.45, 7) is 4.92. The second kappa shape index (κ2) is 6.88. The quantitative estimate of drug-likeness (QED) is 0.903. The Labute approximate surface area is 124 Å². The maximum Gasteiger partial charge on any atom is 0.260 e. The third kappa shape index (κ3) is 3.21. The highest BCUT2D eigenvalue weighted by Crippen LogP contribution is 2.23. The summed E-state index contributed by atoms with van der Waals surface area (Å²) >= 11 is 0. The van der Waals surface area contributed by atoms with Crippen molar-refractivity contribution in [1.29, 1.82) is 0 Å². The van der Waals surface area contributed by atoms with Crippen LogP contribution in [0.2, 0.25) is 0 Å². The van der Waals surface area contributed by atoms with Gasteiger partial charge in [0.25, 0.3) is 5.91 Å². The van der Waals surface area contributed by atoms with Crippen molar-refractivity contribution in [3.8, 4) is 0 Å². The van der Waals surface area contributed by atoms with Crippen molar-refractivity contribution >= 4 is 17.3 Å². The van der Waals surface area contributed by atoms with E-state index in [1.807, 2.05) is 32.0 Å². The first kappa shape index (κ1) is 15.0. The van der Waals surface area contributed by atoms with Crippen LogP contribution < -0.4 is 10.2 Å². The van der Waals surface area contributed by atoms with Crippen LogP contribution in [-0.2, 0) is 0 Å². The molecule has 0 heterocycles. The lowest BCUT2D eigenvalue weighted by Crippen LogP contribution is -2.32. The van der Waals surface area contributed by atoms with Gasteiger partial charge in [0.2, 0.25) is 0 Å². The van der Waals surface area contributed by atoms with Crippen LogP contribution in [-0.4, -0.2) is 19.0 Å². The van der Waals surface area contributed by atoms with E-state index in [0.29, 0.717) is 17.8 Å². The summed E-state index contributed by atoms with van der Waals surface area (Å²) in [5, 5.41) is 3.16. The van der Waals surface area contributed by atoms with Gasteiger partial charge in [-0.25, -0.2) is 4.39 Å². The number of para-hydroxylation sites is 2. The Morgan fingerprint density at radius 2 is 1.76 bits per heavy atom. The SMILES string of the molecule is CCNc1ccccc1C(=O)N(CC)c1ccccc1F. The minimum atomic E-state index is -0.395. The number of nitrogens with zero attached hydrogens (tertiary/aromatic N) is 1. The molecule has 0 aromatic heterocycles. The van der Waals surface area contributed by atoms with E-state index in [4.69, 9.17) is 0 Å². The van der Waals surface area contributed by atoms with Gasteiger partial charge in [0.05, 0.1) is 11.3 Å². The van der Waals surface area contributed by atoms with Crippen LogP contribution in [0.1, 0.15) is 24.2 Å². The fourth-order valence-corrected chi connectivity index (χ4v) is 2.25. The summed E-state index contributed by atoms with van der Waals surface area (Å²) < 4.78 is 13.9. The molecule has 4 heteroatoms.